The molecule has 0 spiro atoms. The Kier molecular flexibility index (Phi) is 4.90. The molecule has 0 aliphatic rings. The number of nitro benzene ring substituents is 1. The third-order valence-electron chi connectivity index (χ3n) is 2.66. The normalized spacial score (nSPS) is 11.6. The van der Waals surface area contributed by atoms with Crippen LogP contribution in [0.3, 0.4) is 0 Å². The Hall–Kier alpha value is -1.60. The standard InChI is InChI=1S/C12H16F2N2O3/c1-12(2,7-17)6-15-5-8-3-11(16(18)19)10(14)4-9(8)13/h3-4,15,17H,5-7H2,1-2H3. The van der Waals surface area contributed by atoms with Crippen LogP contribution in [0.4, 0.5) is 14.5 Å². The van der Waals surface area contributed by atoms with Crippen molar-refractivity contribution in [2.24, 2.45) is 5.41 Å². The van der Waals surface area contributed by atoms with Gasteiger partial charge < -0.3 is 10.4 Å². The average Bonchev–Trinajstić information content (AvgIpc) is 2.31. The van der Waals surface area contributed by atoms with Gasteiger partial charge in [-0.1, -0.05) is 13.8 Å². The number of hydrogen-bond acceptors (Lipinski definition) is 4. The zero-order valence-electron chi connectivity index (χ0n) is 10.7. The highest BCUT2D eigenvalue weighted by Crippen LogP contribution is 2.21. The van der Waals surface area contributed by atoms with Crippen LogP contribution in [-0.4, -0.2) is 23.2 Å². The maximum atomic E-state index is 13.4. The molecule has 5 nitrogen and oxygen atoms in total. The molecule has 7 heteroatoms. The highest BCUT2D eigenvalue weighted by molar-refractivity contribution is 5.37. The van der Waals surface area contributed by atoms with Crippen molar-refractivity contribution >= 4 is 5.69 Å². The minimum atomic E-state index is -1.19. The molecule has 1 rings (SSSR count). The fourth-order valence-electron chi connectivity index (χ4n) is 1.45. The Labute approximate surface area is 109 Å². The number of nitrogens with one attached hydrogen (secondary N) is 1. The quantitative estimate of drug-likeness (QED) is 0.614. The summed E-state index contributed by atoms with van der Waals surface area (Å²) < 4.78 is 26.6. The molecule has 0 unspecified atom stereocenters. The molecule has 0 amide bonds. The van der Waals surface area contributed by atoms with Crippen molar-refractivity contribution in [1.82, 2.24) is 5.32 Å². The Bertz CT molecular complexity index is 478. The van der Waals surface area contributed by atoms with Crippen molar-refractivity contribution in [1.29, 1.82) is 0 Å². The maximum Gasteiger partial charge on any atom is 0.305 e. The molecule has 0 radical (unpaired) electrons. The van der Waals surface area contributed by atoms with Gasteiger partial charge in [-0.2, -0.15) is 4.39 Å². The molecule has 0 aliphatic carbocycles. The summed E-state index contributed by atoms with van der Waals surface area (Å²) in [7, 11) is 0. The van der Waals surface area contributed by atoms with E-state index in [1.807, 2.05) is 13.8 Å². The number of nitrogens with zero attached hydrogens (tertiary/aromatic N) is 1. The minimum absolute atomic E-state index is 0.0156. The van der Waals surface area contributed by atoms with Crippen LogP contribution in [0.1, 0.15) is 19.4 Å². The highest BCUT2D eigenvalue weighted by atomic mass is 19.1. The van der Waals surface area contributed by atoms with E-state index in [1.54, 1.807) is 0 Å². The van der Waals surface area contributed by atoms with Gasteiger partial charge in [0.1, 0.15) is 5.82 Å². The van der Waals surface area contributed by atoms with Crippen molar-refractivity contribution in [3.63, 3.8) is 0 Å². The van der Waals surface area contributed by atoms with Crippen molar-refractivity contribution in [2.75, 3.05) is 13.2 Å². The van der Waals surface area contributed by atoms with Gasteiger partial charge in [-0.15, -0.1) is 0 Å². The van der Waals surface area contributed by atoms with E-state index in [-0.39, 0.29) is 24.1 Å². The maximum absolute atomic E-state index is 13.4. The first kappa shape index (κ1) is 15.5. The lowest BCUT2D eigenvalue weighted by atomic mass is 9.95. The van der Waals surface area contributed by atoms with Crippen LogP contribution in [0.15, 0.2) is 12.1 Å². The third kappa shape index (κ3) is 4.22. The van der Waals surface area contributed by atoms with Crippen LogP contribution >= 0.6 is 0 Å². The van der Waals surface area contributed by atoms with Crippen molar-refractivity contribution < 1.29 is 18.8 Å². The van der Waals surface area contributed by atoms with E-state index in [1.165, 1.54) is 0 Å². The number of aliphatic hydroxyl groups is 1. The minimum Gasteiger partial charge on any atom is -0.396 e. The van der Waals surface area contributed by atoms with E-state index in [0.29, 0.717) is 12.6 Å². The summed E-state index contributed by atoms with van der Waals surface area (Å²) in [6.45, 7) is 3.99. The van der Waals surface area contributed by atoms with Crippen LogP contribution < -0.4 is 5.32 Å². The van der Waals surface area contributed by atoms with Gasteiger partial charge in [0, 0.05) is 42.8 Å². The Morgan fingerprint density at radius 2 is 2.00 bits per heavy atom. The summed E-state index contributed by atoms with van der Waals surface area (Å²) in [4.78, 5) is 9.66. The number of nitro groups is 1. The molecule has 2 N–H and O–H groups in total. The molecule has 0 bridgehead atoms. The van der Waals surface area contributed by atoms with Gasteiger partial charge >= 0.3 is 5.69 Å². The molecule has 19 heavy (non-hydrogen) atoms. The van der Waals surface area contributed by atoms with Gasteiger partial charge in [0.05, 0.1) is 4.92 Å². The first-order valence-corrected chi connectivity index (χ1v) is 5.71. The second-order valence-electron chi connectivity index (χ2n) is 5.08. The lowest BCUT2D eigenvalue weighted by Crippen LogP contribution is -2.32. The molecule has 0 saturated heterocycles. The monoisotopic (exact) mass is 274 g/mol. The molecule has 0 saturated carbocycles. The van der Waals surface area contributed by atoms with Crippen LogP contribution in [0.25, 0.3) is 0 Å². The number of rotatable bonds is 6. The number of halogens is 2. The van der Waals surface area contributed by atoms with Crippen LogP contribution in [-0.2, 0) is 6.54 Å². The van der Waals surface area contributed by atoms with Crippen LogP contribution in [0.5, 0.6) is 0 Å². The summed E-state index contributed by atoms with van der Waals surface area (Å²) in [5.41, 5.74) is -1.12. The van der Waals surface area contributed by atoms with Crippen LogP contribution in [0, 0.1) is 27.2 Å². The Morgan fingerprint density at radius 1 is 1.37 bits per heavy atom. The molecular formula is C12H16F2N2O3. The molecule has 1 aromatic rings. The van der Waals surface area contributed by atoms with Gasteiger partial charge in [0.25, 0.3) is 0 Å². The fraction of sp³-hybridized carbons (Fsp3) is 0.500. The number of aliphatic hydroxyl groups excluding tert-OH is 1. The largest absolute Gasteiger partial charge is 0.396 e. The third-order valence-corrected chi connectivity index (χ3v) is 2.66. The van der Waals surface area contributed by atoms with E-state index in [2.05, 4.69) is 5.32 Å². The van der Waals surface area contributed by atoms with Crippen molar-refractivity contribution in [2.45, 2.75) is 20.4 Å². The predicted octanol–water partition coefficient (Wildman–Crippen LogP) is 1.98. The molecule has 0 aliphatic heterocycles. The van der Waals surface area contributed by atoms with Gasteiger partial charge in [0.15, 0.2) is 0 Å². The first-order chi connectivity index (χ1) is 8.76. The van der Waals surface area contributed by atoms with Crippen LogP contribution in [0.2, 0.25) is 0 Å². The molecule has 0 fully saturated rings. The van der Waals surface area contributed by atoms with Crippen molar-refractivity contribution in [3.8, 4) is 0 Å². The average molecular weight is 274 g/mol. The summed E-state index contributed by atoms with van der Waals surface area (Å²) in [6, 6.07) is 1.38. The smallest absolute Gasteiger partial charge is 0.305 e. The fourth-order valence-corrected chi connectivity index (χ4v) is 1.45. The topological polar surface area (TPSA) is 75.4 Å². The SMILES string of the molecule is CC(C)(CO)CNCc1cc([N+](=O)[O-])c(F)cc1F. The lowest BCUT2D eigenvalue weighted by Gasteiger charge is -2.22. The van der Waals surface area contributed by atoms with Gasteiger partial charge in [0.2, 0.25) is 5.82 Å². The molecule has 0 atom stereocenters. The van der Waals surface area contributed by atoms with Gasteiger partial charge in [-0.05, 0) is 0 Å². The van der Waals surface area contributed by atoms with E-state index >= 15 is 0 Å². The Morgan fingerprint density at radius 3 is 2.53 bits per heavy atom. The zero-order valence-corrected chi connectivity index (χ0v) is 10.7. The number of benzene rings is 1. The molecule has 0 heterocycles. The molecular weight excluding hydrogens is 258 g/mol. The van der Waals surface area contributed by atoms with Gasteiger partial charge in [-0.3, -0.25) is 10.1 Å². The molecule has 1 aromatic carbocycles. The second-order valence-corrected chi connectivity index (χ2v) is 5.08. The van der Waals surface area contributed by atoms with E-state index in [9.17, 15) is 18.9 Å². The highest BCUT2D eigenvalue weighted by Gasteiger charge is 2.19. The zero-order chi connectivity index (χ0) is 14.6. The lowest BCUT2D eigenvalue weighted by molar-refractivity contribution is -0.387. The summed E-state index contributed by atoms with van der Waals surface area (Å²) in [6.07, 6.45) is 0. The Balaban J connectivity index is 2.79. The van der Waals surface area contributed by atoms with E-state index in [4.69, 9.17) is 5.11 Å². The summed E-state index contributed by atoms with van der Waals surface area (Å²) in [5.74, 6) is -2.03. The first-order valence-electron chi connectivity index (χ1n) is 5.71. The van der Waals surface area contributed by atoms with Gasteiger partial charge in [-0.25, -0.2) is 4.39 Å². The number of hydrogen-bond donors (Lipinski definition) is 2. The van der Waals surface area contributed by atoms with E-state index in [0.717, 1.165) is 6.07 Å². The summed E-state index contributed by atoms with van der Waals surface area (Å²) >= 11 is 0. The van der Waals surface area contributed by atoms with Crippen molar-refractivity contribution in [3.05, 3.63) is 39.4 Å². The second kappa shape index (κ2) is 6.03. The molecule has 106 valence electrons. The van der Waals surface area contributed by atoms with E-state index < -0.39 is 22.2 Å². The predicted molar refractivity (Wildman–Crippen MR) is 65.6 cm³/mol. The molecule has 0 aromatic heterocycles. The summed E-state index contributed by atoms with van der Waals surface area (Å²) in [5, 5.41) is 22.5.